The van der Waals surface area contributed by atoms with E-state index in [0.29, 0.717) is 22.2 Å². The van der Waals surface area contributed by atoms with Crippen LogP contribution in [0.3, 0.4) is 0 Å². The monoisotopic (exact) mass is 344 g/mol. The van der Waals surface area contributed by atoms with Crippen LogP contribution in [-0.2, 0) is 4.79 Å². The molecule has 1 unspecified atom stereocenters. The molecule has 1 heterocycles. The third-order valence-corrected chi connectivity index (χ3v) is 4.57. The van der Waals surface area contributed by atoms with Gasteiger partial charge in [-0.05, 0) is 35.9 Å². The number of aldehydes is 1. The predicted molar refractivity (Wildman–Crippen MR) is 94.8 cm³/mol. The Morgan fingerprint density at radius 1 is 1.29 bits per heavy atom. The van der Waals surface area contributed by atoms with E-state index in [2.05, 4.69) is 11.9 Å². The quantitative estimate of drug-likeness (QED) is 0.582. The Morgan fingerprint density at radius 2 is 2.00 bits per heavy atom. The molecule has 2 aromatic rings. The molecular formula is C18H20N2O3S. The van der Waals surface area contributed by atoms with E-state index in [1.165, 1.54) is 11.8 Å². The summed E-state index contributed by atoms with van der Waals surface area (Å²) in [6.45, 7) is 3.89. The van der Waals surface area contributed by atoms with Crippen LogP contribution in [0.5, 0.6) is 11.6 Å². The zero-order valence-electron chi connectivity index (χ0n) is 13.7. The highest BCUT2D eigenvalue weighted by atomic mass is 32.2. The van der Waals surface area contributed by atoms with E-state index in [-0.39, 0.29) is 5.92 Å². The first-order chi connectivity index (χ1) is 11.5. The molecule has 0 fully saturated rings. The van der Waals surface area contributed by atoms with Crippen LogP contribution in [0.2, 0.25) is 0 Å². The fraction of sp³-hybridized carbons (Fsp3) is 0.278. The Hall–Kier alpha value is -2.34. The molecule has 1 amide bonds. The Kier molecular flexibility index (Phi) is 6.37. The van der Waals surface area contributed by atoms with Gasteiger partial charge in [0.2, 0.25) is 5.88 Å². The number of amides is 1. The third-order valence-electron chi connectivity index (χ3n) is 3.38. The number of nitrogens with two attached hydrogens (primary N) is 1. The van der Waals surface area contributed by atoms with E-state index in [1.807, 2.05) is 19.1 Å². The van der Waals surface area contributed by atoms with Crippen LogP contribution in [0.4, 0.5) is 0 Å². The van der Waals surface area contributed by atoms with Crippen molar-refractivity contribution in [2.45, 2.75) is 31.2 Å². The summed E-state index contributed by atoms with van der Waals surface area (Å²) in [5.74, 6) is 1.20. The van der Waals surface area contributed by atoms with Crippen molar-refractivity contribution in [1.29, 1.82) is 0 Å². The topological polar surface area (TPSA) is 82.3 Å². The Balaban J connectivity index is 2.19. The summed E-state index contributed by atoms with van der Waals surface area (Å²) in [6.07, 6.45) is 1.86. The van der Waals surface area contributed by atoms with Crippen molar-refractivity contribution in [3.05, 3.63) is 47.5 Å². The molecule has 126 valence electrons. The molecule has 0 saturated heterocycles. The van der Waals surface area contributed by atoms with E-state index < -0.39 is 5.91 Å². The van der Waals surface area contributed by atoms with Gasteiger partial charge in [0, 0.05) is 12.0 Å². The highest BCUT2D eigenvalue weighted by Gasteiger charge is 2.12. The molecule has 24 heavy (non-hydrogen) atoms. The second-order valence-electron chi connectivity index (χ2n) is 5.31. The number of rotatable bonds is 8. The van der Waals surface area contributed by atoms with Gasteiger partial charge in [-0.15, -0.1) is 11.8 Å². The third kappa shape index (κ3) is 4.58. The summed E-state index contributed by atoms with van der Waals surface area (Å²) < 4.78 is 5.74. The van der Waals surface area contributed by atoms with E-state index in [9.17, 15) is 9.59 Å². The lowest BCUT2D eigenvalue weighted by Crippen LogP contribution is -2.13. The molecule has 1 aromatic heterocycles. The standard InChI is InChI=1S/C18H20N2O3S/c1-3-10-24-18-15(17(19)22)8-9-16(20-18)23-14-6-4-13(5-7-14)12(2)11-21/h4-9,11-12H,3,10H2,1-2H3,(H2,19,22). The molecule has 0 aliphatic heterocycles. The Labute approximate surface area is 145 Å². The average molecular weight is 344 g/mol. The summed E-state index contributed by atoms with van der Waals surface area (Å²) in [5.41, 5.74) is 6.71. The van der Waals surface area contributed by atoms with Gasteiger partial charge in [-0.2, -0.15) is 0 Å². The van der Waals surface area contributed by atoms with E-state index >= 15 is 0 Å². The normalized spacial score (nSPS) is 11.8. The van der Waals surface area contributed by atoms with Gasteiger partial charge in [0.1, 0.15) is 17.1 Å². The molecule has 0 saturated carbocycles. The molecule has 5 nitrogen and oxygen atoms in total. The molecule has 1 aromatic carbocycles. The minimum absolute atomic E-state index is 0.149. The molecule has 0 aliphatic rings. The minimum Gasteiger partial charge on any atom is -0.439 e. The van der Waals surface area contributed by atoms with Crippen molar-refractivity contribution in [2.24, 2.45) is 5.73 Å². The number of nitrogens with zero attached hydrogens (tertiary/aromatic N) is 1. The summed E-state index contributed by atoms with van der Waals surface area (Å²) in [7, 11) is 0. The van der Waals surface area contributed by atoms with Gasteiger partial charge in [0.25, 0.3) is 5.91 Å². The highest BCUT2D eigenvalue weighted by molar-refractivity contribution is 7.99. The van der Waals surface area contributed by atoms with Gasteiger partial charge in [-0.25, -0.2) is 4.98 Å². The fourth-order valence-electron chi connectivity index (χ4n) is 2.02. The van der Waals surface area contributed by atoms with Gasteiger partial charge in [0.05, 0.1) is 5.56 Å². The number of ether oxygens (including phenoxy) is 1. The number of hydrogen-bond acceptors (Lipinski definition) is 5. The lowest BCUT2D eigenvalue weighted by atomic mass is 10.0. The SMILES string of the molecule is CCCSc1nc(Oc2ccc(C(C)C=O)cc2)ccc1C(N)=O. The van der Waals surface area contributed by atoms with Crippen LogP contribution in [0.25, 0.3) is 0 Å². The smallest absolute Gasteiger partial charge is 0.251 e. The number of thioether (sulfide) groups is 1. The molecule has 0 spiro atoms. The second-order valence-corrected chi connectivity index (χ2v) is 6.39. The van der Waals surface area contributed by atoms with Crippen molar-refractivity contribution in [3.8, 4) is 11.6 Å². The predicted octanol–water partition coefficient (Wildman–Crippen LogP) is 3.78. The first-order valence-electron chi connectivity index (χ1n) is 7.72. The zero-order valence-corrected chi connectivity index (χ0v) is 14.5. The number of carbonyl (C=O) groups excluding carboxylic acids is 2. The van der Waals surface area contributed by atoms with Gasteiger partial charge >= 0.3 is 0 Å². The van der Waals surface area contributed by atoms with E-state index in [4.69, 9.17) is 10.5 Å². The van der Waals surface area contributed by atoms with Gasteiger partial charge < -0.3 is 15.3 Å². The molecule has 6 heteroatoms. The van der Waals surface area contributed by atoms with Crippen LogP contribution in [-0.4, -0.2) is 22.9 Å². The second kappa shape index (κ2) is 8.49. The van der Waals surface area contributed by atoms with Crippen LogP contribution in [0, 0.1) is 0 Å². The number of benzene rings is 1. The lowest BCUT2D eigenvalue weighted by molar-refractivity contribution is -0.108. The van der Waals surface area contributed by atoms with Crippen molar-refractivity contribution < 1.29 is 14.3 Å². The molecule has 0 aliphatic carbocycles. The van der Waals surface area contributed by atoms with Crippen LogP contribution < -0.4 is 10.5 Å². The maximum Gasteiger partial charge on any atom is 0.251 e. The Morgan fingerprint density at radius 3 is 2.58 bits per heavy atom. The molecule has 2 N–H and O–H groups in total. The van der Waals surface area contributed by atoms with Gasteiger partial charge in [-0.1, -0.05) is 26.0 Å². The van der Waals surface area contributed by atoms with Gasteiger partial charge in [0.15, 0.2) is 0 Å². The summed E-state index contributed by atoms with van der Waals surface area (Å²) in [5, 5.41) is 0.577. The number of hydrogen-bond donors (Lipinski definition) is 1. The van der Waals surface area contributed by atoms with Crippen LogP contribution in [0.1, 0.15) is 42.1 Å². The fourth-order valence-corrected chi connectivity index (χ4v) is 2.89. The van der Waals surface area contributed by atoms with E-state index in [0.717, 1.165) is 24.0 Å². The van der Waals surface area contributed by atoms with Crippen LogP contribution in [0.15, 0.2) is 41.4 Å². The molecule has 0 bridgehead atoms. The summed E-state index contributed by atoms with van der Waals surface area (Å²) in [6, 6.07) is 10.5. The number of aromatic nitrogens is 1. The van der Waals surface area contributed by atoms with Crippen molar-refractivity contribution in [3.63, 3.8) is 0 Å². The summed E-state index contributed by atoms with van der Waals surface area (Å²) in [4.78, 5) is 26.7. The lowest BCUT2D eigenvalue weighted by Gasteiger charge is -2.10. The maximum absolute atomic E-state index is 11.5. The van der Waals surface area contributed by atoms with Crippen LogP contribution >= 0.6 is 11.8 Å². The number of carbonyl (C=O) groups is 2. The van der Waals surface area contributed by atoms with Crippen molar-refractivity contribution in [1.82, 2.24) is 4.98 Å². The number of primary amides is 1. The van der Waals surface area contributed by atoms with Crippen molar-refractivity contribution >= 4 is 24.0 Å². The zero-order chi connectivity index (χ0) is 17.5. The largest absolute Gasteiger partial charge is 0.439 e. The Bertz CT molecular complexity index is 717. The molecular weight excluding hydrogens is 324 g/mol. The summed E-state index contributed by atoms with van der Waals surface area (Å²) >= 11 is 1.48. The highest BCUT2D eigenvalue weighted by Crippen LogP contribution is 2.27. The molecule has 2 rings (SSSR count). The van der Waals surface area contributed by atoms with Gasteiger partial charge in [-0.3, -0.25) is 4.79 Å². The number of pyridine rings is 1. The average Bonchev–Trinajstić information content (AvgIpc) is 2.59. The maximum atomic E-state index is 11.5. The molecule has 1 atom stereocenters. The minimum atomic E-state index is -0.500. The molecule has 0 radical (unpaired) electrons. The first-order valence-corrected chi connectivity index (χ1v) is 8.70. The van der Waals surface area contributed by atoms with Crippen molar-refractivity contribution in [2.75, 3.05) is 5.75 Å². The first kappa shape index (κ1) is 18.0. The van der Waals surface area contributed by atoms with E-state index in [1.54, 1.807) is 24.3 Å².